The average Bonchev–Trinajstić information content (AvgIpc) is 2.92. The number of carbonyl (C=O) groups is 1. The third-order valence-corrected chi connectivity index (χ3v) is 7.00. The van der Waals surface area contributed by atoms with E-state index in [-0.39, 0.29) is 5.91 Å². The number of hydrogen-bond donors (Lipinski definition) is 1. The topological polar surface area (TPSA) is 44.8 Å². The third kappa shape index (κ3) is 7.11. The number of methoxy groups -OCH3 is 1. The number of para-hydroxylation sites is 2. The lowest BCUT2D eigenvalue weighted by Gasteiger charge is -2.36. The molecule has 1 aliphatic heterocycles. The Kier molecular flexibility index (Phi) is 9.40. The van der Waals surface area contributed by atoms with Crippen LogP contribution in [0.5, 0.6) is 5.75 Å². The SMILES string of the molecule is COc1ccccc1N1CCN(CCCCCC(=O)NCc2ccccc2-c2cccc(C)c2)CC1. The quantitative estimate of drug-likeness (QED) is 0.356. The molecule has 0 atom stereocenters. The number of amides is 1. The van der Waals surface area contributed by atoms with Crippen molar-refractivity contribution in [3.63, 3.8) is 0 Å². The zero-order chi connectivity index (χ0) is 25.2. The van der Waals surface area contributed by atoms with E-state index in [2.05, 4.69) is 76.6 Å². The number of ether oxygens (including phenoxy) is 1. The monoisotopic (exact) mass is 485 g/mol. The third-order valence-electron chi connectivity index (χ3n) is 7.00. The fourth-order valence-electron chi connectivity index (χ4n) is 4.95. The molecular formula is C31H39N3O2. The summed E-state index contributed by atoms with van der Waals surface area (Å²) >= 11 is 0. The fourth-order valence-corrected chi connectivity index (χ4v) is 4.95. The van der Waals surface area contributed by atoms with Gasteiger partial charge in [-0.25, -0.2) is 0 Å². The molecule has 0 saturated carbocycles. The maximum absolute atomic E-state index is 12.5. The van der Waals surface area contributed by atoms with E-state index in [4.69, 9.17) is 4.74 Å². The largest absolute Gasteiger partial charge is 0.495 e. The molecule has 1 fully saturated rings. The molecule has 3 aromatic rings. The summed E-state index contributed by atoms with van der Waals surface area (Å²) in [6, 6.07) is 25.1. The molecule has 5 nitrogen and oxygen atoms in total. The van der Waals surface area contributed by atoms with Crippen LogP contribution in [0.4, 0.5) is 5.69 Å². The van der Waals surface area contributed by atoms with Gasteiger partial charge in [0.2, 0.25) is 5.91 Å². The normalized spacial score (nSPS) is 14.0. The Labute approximate surface area is 216 Å². The number of nitrogens with zero attached hydrogens (tertiary/aromatic N) is 2. The molecule has 0 bridgehead atoms. The van der Waals surface area contributed by atoms with Crippen LogP contribution in [0, 0.1) is 6.92 Å². The van der Waals surface area contributed by atoms with E-state index in [0.717, 1.165) is 63.3 Å². The number of nitrogens with one attached hydrogen (secondary N) is 1. The van der Waals surface area contributed by atoms with Crippen LogP contribution < -0.4 is 15.0 Å². The maximum Gasteiger partial charge on any atom is 0.220 e. The second-order valence-electron chi connectivity index (χ2n) is 9.61. The van der Waals surface area contributed by atoms with Gasteiger partial charge in [0.05, 0.1) is 12.8 Å². The standard InChI is InChI=1S/C31H39N3O2/c1-25-11-10-13-26(23-25)28-14-6-5-12-27(28)24-32-31(35)17-4-3-9-18-33-19-21-34(22-20-33)29-15-7-8-16-30(29)36-2/h5-8,10-16,23H,3-4,9,17-22,24H2,1-2H3,(H,32,35). The van der Waals surface area contributed by atoms with Crippen LogP contribution in [0.1, 0.15) is 36.8 Å². The molecule has 1 amide bonds. The fraction of sp³-hybridized carbons (Fsp3) is 0.387. The van der Waals surface area contributed by atoms with Gasteiger partial charge in [0, 0.05) is 39.1 Å². The van der Waals surface area contributed by atoms with Crippen LogP contribution in [-0.2, 0) is 11.3 Å². The van der Waals surface area contributed by atoms with Crippen LogP contribution in [0.15, 0.2) is 72.8 Å². The van der Waals surface area contributed by atoms with Gasteiger partial charge in [-0.2, -0.15) is 0 Å². The van der Waals surface area contributed by atoms with Gasteiger partial charge in [0.1, 0.15) is 5.75 Å². The van der Waals surface area contributed by atoms with Crippen molar-refractivity contribution < 1.29 is 9.53 Å². The number of hydrogen-bond acceptors (Lipinski definition) is 4. The summed E-state index contributed by atoms with van der Waals surface area (Å²) in [5.41, 5.74) is 5.97. The molecule has 0 unspecified atom stereocenters. The van der Waals surface area contributed by atoms with Gasteiger partial charge in [0.25, 0.3) is 0 Å². The number of benzene rings is 3. The van der Waals surface area contributed by atoms with Gasteiger partial charge >= 0.3 is 0 Å². The second-order valence-corrected chi connectivity index (χ2v) is 9.61. The van der Waals surface area contributed by atoms with E-state index < -0.39 is 0 Å². The molecule has 1 saturated heterocycles. The van der Waals surface area contributed by atoms with Crippen molar-refractivity contribution in [3.8, 4) is 16.9 Å². The van der Waals surface area contributed by atoms with E-state index in [1.165, 1.54) is 22.4 Å². The lowest BCUT2D eigenvalue weighted by Crippen LogP contribution is -2.46. The number of carbonyl (C=O) groups excluding carboxylic acids is 1. The Morgan fingerprint density at radius 1 is 0.889 bits per heavy atom. The lowest BCUT2D eigenvalue weighted by atomic mass is 9.98. The Hall–Kier alpha value is -3.31. The van der Waals surface area contributed by atoms with Crippen LogP contribution in [0.3, 0.4) is 0 Å². The molecule has 0 aromatic heterocycles. The Bertz CT molecular complexity index is 1120. The number of rotatable bonds is 11. The van der Waals surface area contributed by atoms with Crippen molar-refractivity contribution in [1.29, 1.82) is 0 Å². The molecule has 5 heteroatoms. The summed E-state index contributed by atoms with van der Waals surface area (Å²) < 4.78 is 5.52. The first-order valence-electron chi connectivity index (χ1n) is 13.2. The summed E-state index contributed by atoms with van der Waals surface area (Å²) in [6.07, 6.45) is 3.75. The zero-order valence-corrected chi connectivity index (χ0v) is 21.7. The van der Waals surface area contributed by atoms with Gasteiger partial charge in [0.15, 0.2) is 0 Å². The van der Waals surface area contributed by atoms with Crippen molar-refractivity contribution in [2.45, 2.75) is 39.2 Å². The summed E-state index contributed by atoms with van der Waals surface area (Å²) in [7, 11) is 1.74. The molecule has 3 aromatic carbocycles. The summed E-state index contributed by atoms with van der Waals surface area (Å²) in [6.45, 7) is 7.96. The second kappa shape index (κ2) is 13.1. The highest BCUT2D eigenvalue weighted by Gasteiger charge is 2.19. The average molecular weight is 486 g/mol. The number of aryl methyl sites for hydroxylation is 1. The summed E-state index contributed by atoms with van der Waals surface area (Å²) in [5, 5.41) is 3.13. The number of piperazine rings is 1. The highest BCUT2D eigenvalue weighted by Crippen LogP contribution is 2.28. The van der Waals surface area contributed by atoms with Crippen LogP contribution in [0.2, 0.25) is 0 Å². The molecule has 1 N–H and O–H groups in total. The Morgan fingerprint density at radius 3 is 2.47 bits per heavy atom. The molecule has 4 rings (SSSR count). The lowest BCUT2D eigenvalue weighted by molar-refractivity contribution is -0.121. The molecule has 0 spiro atoms. The molecule has 1 aliphatic rings. The van der Waals surface area contributed by atoms with Crippen molar-refractivity contribution >= 4 is 11.6 Å². The highest BCUT2D eigenvalue weighted by atomic mass is 16.5. The molecule has 0 radical (unpaired) electrons. The summed E-state index contributed by atoms with van der Waals surface area (Å²) in [4.78, 5) is 17.4. The summed E-state index contributed by atoms with van der Waals surface area (Å²) in [5.74, 6) is 1.09. The van der Waals surface area contributed by atoms with E-state index >= 15 is 0 Å². The van der Waals surface area contributed by atoms with Crippen molar-refractivity contribution in [2.75, 3.05) is 44.7 Å². The van der Waals surface area contributed by atoms with Crippen LogP contribution in [0.25, 0.3) is 11.1 Å². The molecule has 0 aliphatic carbocycles. The Morgan fingerprint density at radius 2 is 1.67 bits per heavy atom. The maximum atomic E-state index is 12.5. The number of unbranched alkanes of at least 4 members (excludes halogenated alkanes) is 2. The van der Waals surface area contributed by atoms with E-state index in [1.54, 1.807) is 7.11 Å². The van der Waals surface area contributed by atoms with E-state index in [9.17, 15) is 4.79 Å². The van der Waals surface area contributed by atoms with Crippen molar-refractivity contribution in [2.24, 2.45) is 0 Å². The molecular weight excluding hydrogens is 446 g/mol. The van der Waals surface area contributed by atoms with Gasteiger partial charge in [-0.05, 0) is 55.1 Å². The van der Waals surface area contributed by atoms with Crippen LogP contribution >= 0.6 is 0 Å². The first-order chi connectivity index (χ1) is 17.6. The predicted molar refractivity (Wildman–Crippen MR) is 149 cm³/mol. The van der Waals surface area contributed by atoms with Gasteiger partial charge in [-0.3, -0.25) is 9.69 Å². The minimum atomic E-state index is 0.138. The first-order valence-corrected chi connectivity index (χ1v) is 13.2. The highest BCUT2D eigenvalue weighted by molar-refractivity contribution is 5.76. The van der Waals surface area contributed by atoms with Crippen molar-refractivity contribution in [3.05, 3.63) is 83.9 Å². The van der Waals surface area contributed by atoms with Gasteiger partial charge in [-0.1, -0.05) is 72.6 Å². The van der Waals surface area contributed by atoms with Crippen molar-refractivity contribution in [1.82, 2.24) is 10.2 Å². The molecule has 190 valence electrons. The minimum Gasteiger partial charge on any atom is -0.495 e. The van der Waals surface area contributed by atoms with E-state index in [1.807, 2.05) is 18.2 Å². The zero-order valence-electron chi connectivity index (χ0n) is 21.7. The molecule has 1 heterocycles. The van der Waals surface area contributed by atoms with Gasteiger partial charge < -0.3 is 15.0 Å². The predicted octanol–water partition coefficient (Wildman–Crippen LogP) is 5.67. The number of anilines is 1. The smallest absolute Gasteiger partial charge is 0.220 e. The minimum absolute atomic E-state index is 0.138. The van der Waals surface area contributed by atoms with E-state index in [0.29, 0.717) is 13.0 Å². The van der Waals surface area contributed by atoms with Crippen LogP contribution in [-0.4, -0.2) is 50.6 Å². The van der Waals surface area contributed by atoms with Gasteiger partial charge in [-0.15, -0.1) is 0 Å². The first kappa shape index (κ1) is 25.8. The molecule has 36 heavy (non-hydrogen) atoms. The Balaban J connectivity index is 1.13.